The van der Waals surface area contributed by atoms with Crippen LogP contribution in [0.15, 0.2) is 177 Å². The zero-order valence-corrected chi connectivity index (χ0v) is 85.2. The third-order valence-electron chi connectivity index (χ3n) is 16.4. The van der Waals surface area contributed by atoms with Gasteiger partial charge in [0.25, 0.3) is 0 Å². The molecule has 138 heavy (non-hydrogen) atoms. The van der Waals surface area contributed by atoms with E-state index in [0.29, 0.717) is 129 Å². The molecule has 7 aromatic heterocycles. The normalized spacial score (nSPS) is 9.79. The molecule has 26 nitrogen and oxygen atoms in total. The van der Waals surface area contributed by atoms with Crippen LogP contribution in [0.1, 0.15) is 89.7 Å². The van der Waals surface area contributed by atoms with Gasteiger partial charge in [0.1, 0.15) is 81.3 Å². The van der Waals surface area contributed by atoms with Crippen LogP contribution < -0.4 is 67.4 Å². The lowest BCUT2D eigenvalue weighted by Crippen LogP contribution is -2.04. The summed E-state index contributed by atoms with van der Waals surface area (Å²) in [6, 6.07) is 38.9. The summed E-state index contributed by atoms with van der Waals surface area (Å²) in [4.78, 5) is 44.0. The monoisotopic (exact) mass is 2130 g/mol. The summed E-state index contributed by atoms with van der Waals surface area (Å²) in [5.41, 5.74) is 67.6. The summed E-state index contributed by atoms with van der Waals surface area (Å²) in [6.45, 7) is 28.0. The molecular weight excluding hydrogens is 2030 g/mol. The van der Waals surface area contributed by atoms with Crippen molar-refractivity contribution in [3.05, 3.63) is 364 Å². The Kier molecular flexibility index (Phi) is 59.6. The Balaban J connectivity index is 0.00000146. The number of aromatic nitrogens is 9. The van der Waals surface area contributed by atoms with E-state index in [1.807, 2.05) is 83.5 Å². The topological polar surface area (TPSA) is 492 Å². The van der Waals surface area contributed by atoms with Crippen LogP contribution in [-0.2, 0) is 27.6 Å². The van der Waals surface area contributed by atoms with Gasteiger partial charge in [-0.2, -0.15) is 8.42 Å². The van der Waals surface area contributed by atoms with E-state index >= 15 is 0 Å². The van der Waals surface area contributed by atoms with Gasteiger partial charge < -0.3 is 71.9 Å². The maximum atomic E-state index is 13.0. The van der Waals surface area contributed by atoms with Gasteiger partial charge in [-0.3, -0.25) is 14.0 Å². The zero-order chi connectivity index (χ0) is 106. The van der Waals surface area contributed by atoms with Crippen molar-refractivity contribution in [2.45, 2.75) is 111 Å². The number of nitrogens with two attached hydrogens (primary N) is 10. The number of halogens is 18. The van der Waals surface area contributed by atoms with Gasteiger partial charge in [-0.25, -0.2) is 79.4 Å². The Morgan fingerprint density at radius 1 is 0.348 bits per heavy atom. The Morgan fingerprint density at radius 2 is 0.855 bits per heavy atom. The molecule has 7 aromatic carbocycles. The molecule has 0 radical (unpaired) electrons. The van der Waals surface area contributed by atoms with Crippen LogP contribution in [-0.4, -0.2) is 68.4 Å². The van der Waals surface area contributed by atoms with Gasteiger partial charge in [0, 0.05) is 107 Å². The third-order valence-corrected chi connectivity index (χ3v) is 19.1. The highest BCUT2D eigenvalue weighted by atomic mass is 35.5. The zero-order valence-electron chi connectivity index (χ0n) is 76.8. The summed E-state index contributed by atoms with van der Waals surface area (Å²) in [5, 5.41) is 5.86. The molecule has 0 fully saturated rings. The average molecular weight is 2130 g/mol. The summed E-state index contributed by atoms with van der Waals surface area (Å²) >= 11 is 46.8. The highest BCUT2D eigenvalue weighted by molar-refractivity contribution is 7.80. The highest BCUT2D eigenvalue weighted by Gasteiger charge is 2.10. The van der Waals surface area contributed by atoms with Crippen molar-refractivity contribution in [3.8, 4) is 0 Å². The molecule has 0 saturated carbocycles. The maximum absolute atomic E-state index is 13.0. The van der Waals surface area contributed by atoms with Crippen molar-refractivity contribution in [3.63, 3.8) is 0 Å². The van der Waals surface area contributed by atoms with E-state index in [1.165, 1.54) is 74.0 Å². The number of nitrogens with zero attached hydrogens (tertiary/aromatic N) is 9. The predicted octanol–water partition coefficient (Wildman–Crippen LogP) is 24.2. The molecule has 0 spiro atoms. The van der Waals surface area contributed by atoms with Crippen molar-refractivity contribution >= 4 is 203 Å². The summed E-state index contributed by atoms with van der Waals surface area (Å²) in [6.07, 6.45) is 5.98. The van der Waals surface area contributed by atoms with Gasteiger partial charge in [-0.05, 0) is 294 Å². The van der Waals surface area contributed by atoms with Gasteiger partial charge in [0.05, 0.1) is 49.0 Å². The van der Waals surface area contributed by atoms with E-state index in [-0.39, 0.29) is 60.3 Å². The van der Waals surface area contributed by atoms with Crippen LogP contribution in [0.2, 0.25) is 45.3 Å². The number of hydrogen-bond donors (Lipinski definition) is 12. The van der Waals surface area contributed by atoms with Gasteiger partial charge >= 0.3 is 11.6 Å². The predicted molar refractivity (Wildman–Crippen MR) is 546 cm³/mol. The molecular formula is C92H100Cl9F9N21O5S2-. The van der Waals surface area contributed by atoms with E-state index in [1.54, 1.807) is 110 Å². The average Bonchev–Trinajstić information content (AvgIpc) is 0.836. The van der Waals surface area contributed by atoms with Gasteiger partial charge in [-0.1, -0.05) is 110 Å². The number of benzene rings is 7. The molecule has 1 unspecified atom stereocenters. The summed E-state index contributed by atoms with van der Waals surface area (Å²) < 4.78 is 152. The molecule has 0 aliphatic heterocycles. The molecule has 1 atom stereocenters. The molecule has 0 saturated heterocycles. The number of anilines is 12. The number of carbonyl (C=O) groups excluding carboxylic acids is 1. The Morgan fingerprint density at radius 3 is 1.29 bits per heavy atom. The Bertz CT molecular complexity index is 5640. The molecule has 0 aliphatic carbocycles. The molecule has 14 aromatic rings. The largest absolute Gasteiger partial charge is 0.755 e. The fourth-order valence-electron chi connectivity index (χ4n) is 9.16. The molecule has 1 amide bonds. The fraction of sp³-hybridized carbons (Fsp3) is 0.174. The second-order valence-corrected chi connectivity index (χ2v) is 32.7. The second-order valence-electron chi connectivity index (χ2n) is 28.2. The first-order valence-corrected chi connectivity index (χ1v) is 44.1. The van der Waals surface area contributed by atoms with Crippen LogP contribution in [0, 0.1) is 163 Å². The smallest absolute Gasteiger partial charge is 0.335 e. The lowest BCUT2D eigenvalue weighted by Gasteiger charge is -2.11. The number of nitrogen functional groups attached to an aromatic ring is 10. The van der Waals surface area contributed by atoms with E-state index < -0.39 is 51.9 Å². The van der Waals surface area contributed by atoms with E-state index in [4.69, 9.17) is 170 Å². The molecule has 742 valence electrons. The first-order chi connectivity index (χ1) is 64.2. The number of nitrogens with one attached hydrogen (secondary N) is 2. The van der Waals surface area contributed by atoms with Gasteiger partial charge in [0.2, 0.25) is 12.4 Å². The molecule has 14 rings (SSSR count). The number of aryl methyl sites for hydroxylation is 13. The Labute approximate surface area is 845 Å². The minimum absolute atomic E-state index is 0.0700. The maximum Gasteiger partial charge on any atom is 0.335 e. The summed E-state index contributed by atoms with van der Waals surface area (Å²) in [7, 11) is 0. The van der Waals surface area contributed by atoms with Crippen molar-refractivity contribution < 1.29 is 61.5 Å². The minimum Gasteiger partial charge on any atom is -0.755 e. The molecule has 22 N–H and O–H groups in total. The lowest BCUT2D eigenvalue weighted by molar-refractivity contribution is -0.105. The van der Waals surface area contributed by atoms with Crippen LogP contribution >= 0.6 is 104 Å². The Hall–Kier alpha value is -12.4. The summed E-state index contributed by atoms with van der Waals surface area (Å²) in [5.74, 6) is -1.81. The minimum atomic E-state index is -2.47. The second kappa shape index (κ2) is 65.4. The van der Waals surface area contributed by atoms with Crippen molar-refractivity contribution in [2.24, 2.45) is 0 Å². The standard InChI is InChI=1S/C8H7ClFNO.C8H8ClF.C7H7ClFNO2S.C7H7ClFN.2C7H8ClN.C7H7F2N.C7H9FN2.C6H5ClFN.2C6H7ClN2.C6H7FN2.2C5H7N3.O2S/c1-5-7(10)2-6(9)3-8(5)11-4-12;1-5-3-7(9)4-8(10)6(5)2;1-4-6(9)2-5(8)3-7(4)10-13(11)12;1-4-2-7(10)5(8)3-6(4)9;1-5-2-6(8)4-7(9)3-5;1-5-2-3-6(8)7(9)4-5;1-4-2-5(8)6(9)3-7(4)10;1-4-3-6(8)5(2)10-7(4)9;1-4-2-6(8)5(7)3-9-4;1-4-2-5(7)9-6(8)3-4;1-4-2-3-5(7)6(8)9-4;1-4-2-6(8)9-3-5(4)7;1-4-2-5(6)8-3-7-4;1-4-2-3-7-5(6)8-4;1-3-2/h2-4H,1H3,(H,11,12);3-4H,1-2H3;2-3,10H,1H3,(H,11,12);2-3H,10H2,1H3;2*2-4H,9H2,1H3;2-3H,10H2,1H3;3H,1-2H3,(H2,9,10);2-3H,1H3;3*2-3H,1H3,(H2,8,9);2*2-3H,1H3,(H2,6,7,8);/p-1. The number of hydrogen-bond acceptors (Lipinski definition) is 24. The van der Waals surface area contributed by atoms with Gasteiger partial charge in [0.15, 0.2) is 11.6 Å². The van der Waals surface area contributed by atoms with Crippen LogP contribution in [0.25, 0.3) is 0 Å². The number of amides is 1. The van der Waals surface area contributed by atoms with Gasteiger partial charge in [-0.15, -0.1) is 0 Å². The fourth-order valence-corrected chi connectivity index (χ4v) is 11.3. The van der Waals surface area contributed by atoms with Crippen molar-refractivity contribution in [2.75, 3.05) is 67.4 Å². The van der Waals surface area contributed by atoms with E-state index in [2.05, 4.69) is 50.2 Å². The SMILES string of the molecule is Cc1c(F)cc(Cl)cc1NC=O.Cc1c(F)cc(Cl)cc1NS(=O)[O-].Cc1cc(Cl)cc(F)c1C.Cc1cc(F)c(C)nc1N.Cc1cc(F)c(Cl)cn1.Cc1cc(F)c(F)cc1N.Cc1cc(N)c(Cl)cc1F.Cc1cc(N)cc(Cl)c1.Cc1cc(N)nc(Cl)c1.Cc1cc(N)ncc1F.Cc1cc(N)ncn1.Cc1ccc(Cl)c(N)c1.Cc1ccc(Cl)c(N)n1.Cc1ccnc(N)n1.O=S=O. The number of carbonyl (C=O) groups is 1. The van der Waals surface area contributed by atoms with Crippen LogP contribution in [0.4, 0.5) is 109 Å². The quantitative estimate of drug-likeness (QED) is 0.0256. The number of rotatable bonds is 4. The molecule has 0 aliphatic rings. The molecule has 7 heterocycles. The van der Waals surface area contributed by atoms with Crippen LogP contribution in [0.3, 0.4) is 0 Å². The number of pyridine rings is 5. The van der Waals surface area contributed by atoms with E-state index in [9.17, 15) is 53.1 Å². The first-order valence-electron chi connectivity index (χ1n) is 38.9. The van der Waals surface area contributed by atoms with Crippen molar-refractivity contribution in [1.82, 2.24) is 44.9 Å². The molecule has 0 bridgehead atoms. The lowest BCUT2D eigenvalue weighted by atomic mass is 10.1. The first kappa shape index (κ1) is 126. The third kappa shape index (κ3) is 53.4. The van der Waals surface area contributed by atoms with Crippen LogP contribution in [0.5, 0.6) is 0 Å². The molecule has 46 heteroatoms. The van der Waals surface area contributed by atoms with E-state index in [0.717, 1.165) is 69.4 Å². The highest BCUT2D eigenvalue weighted by Crippen LogP contribution is 2.28. The van der Waals surface area contributed by atoms with Crippen molar-refractivity contribution in [1.29, 1.82) is 0 Å².